The Morgan fingerprint density at radius 1 is 1.53 bits per heavy atom. The number of carbonyl (C=O) groups is 1. The number of likely N-dealkylation sites (N-methyl/N-ethyl adjacent to an activating group) is 1. The van der Waals surface area contributed by atoms with Gasteiger partial charge in [-0.25, -0.2) is 4.98 Å². The zero-order valence-electron chi connectivity index (χ0n) is 11.0. The topological polar surface area (TPSA) is 68.5 Å². The van der Waals surface area contributed by atoms with E-state index >= 15 is 0 Å². The molecule has 1 amide bonds. The summed E-state index contributed by atoms with van der Waals surface area (Å²) in [6.07, 6.45) is -0.584. The van der Waals surface area contributed by atoms with Crippen LogP contribution in [0.15, 0.2) is 24.3 Å². The zero-order chi connectivity index (χ0) is 13.8. The summed E-state index contributed by atoms with van der Waals surface area (Å²) < 4.78 is 6.17. The number of nitrogens with two attached hydrogens (primary N) is 1. The molecule has 0 saturated heterocycles. The molecule has 5 nitrogen and oxygen atoms in total. The Balaban J connectivity index is 2.09. The number of amides is 1. The van der Waals surface area contributed by atoms with Gasteiger partial charge in [0.25, 0.3) is 5.91 Å². The van der Waals surface area contributed by atoms with Gasteiger partial charge in [-0.2, -0.15) is 0 Å². The van der Waals surface area contributed by atoms with Crippen LogP contribution in [0, 0.1) is 0 Å². The molecule has 2 aromatic rings. The van der Waals surface area contributed by atoms with Gasteiger partial charge in [0.1, 0.15) is 11.1 Å². The molecule has 0 spiro atoms. The maximum Gasteiger partial charge on any atom is 0.253 e. The number of ether oxygens (including phenoxy) is 1. The molecule has 0 fully saturated rings. The maximum atomic E-state index is 12.0. The molecular weight excluding hydrogens is 262 g/mol. The molecule has 19 heavy (non-hydrogen) atoms. The fourth-order valence-electron chi connectivity index (χ4n) is 1.81. The minimum absolute atomic E-state index is 0.121. The van der Waals surface area contributed by atoms with Gasteiger partial charge < -0.3 is 15.4 Å². The van der Waals surface area contributed by atoms with E-state index in [4.69, 9.17) is 10.5 Å². The number of benzene rings is 1. The first-order chi connectivity index (χ1) is 9.15. The molecule has 2 rings (SSSR count). The Morgan fingerprint density at radius 2 is 2.26 bits per heavy atom. The number of aromatic nitrogens is 1. The number of methoxy groups -OCH3 is 1. The Morgan fingerprint density at radius 3 is 2.89 bits per heavy atom. The number of hydrogen-bond donors (Lipinski definition) is 1. The number of rotatable bonds is 5. The van der Waals surface area contributed by atoms with E-state index in [1.165, 1.54) is 7.11 Å². The van der Waals surface area contributed by atoms with Crippen LogP contribution in [0.2, 0.25) is 0 Å². The number of fused-ring (bicyclic) bond motifs is 1. The van der Waals surface area contributed by atoms with E-state index in [0.717, 1.165) is 15.2 Å². The van der Waals surface area contributed by atoms with Crippen LogP contribution in [0.5, 0.6) is 0 Å². The fourth-order valence-corrected chi connectivity index (χ4v) is 2.83. The lowest BCUT2D eigenvalue weighted by atomic mass is 10.3. The van der Waals surface area contributed by atoms with Crippen LogP contribution in [0.1, 0.15) is 5.01 Å². The Labute approximate surface area is 116 Å². The van der Waals surface area contributed by atoms with E-state index in [-0.39, 0.29) is 12.5 Å². The summed E-state index contributed by atoms with van der Waals surface area (Å²) in [5.74, 6) is -0.121. The highest BCUT2D eigenvalue weighted by Gasteiger charge is 2.21. The minimum Gasteiger partial charge on any atom is -0.370 e. The van der Waals surface area contributed by atoms with Gasteiger partial charge in [-0.1, -0.05) is 12.1 Å². The van der Waals surface area contributed by atoms with E-state index < -0.39 is 6.10 Å². The second-order valence-electron chi connectivity index (χ2n) is 4.23. The standard InChI is InChI=1S/C13H17N3O2S/c1-16(13(17)10(7-14)18-2)8-12-15-9-5-3-4-6-11(9)19-12/h3-6,10H,7-8,14H2,1-2H3. The van der Waals surface area contributed by atoms with Crippen molar-refractivity contribution < 1.29 is 9.53 Å². The van der Waals surface area contributed by atoms with Crippen LogP contribution in [0.25, 0.3) is 10.2 Å². The maximum absolute atomic E-state index is 12.0. The summed E-state index contributed by atoms with van der Waals surface area (Å²) in [4.78, 5) is 18.1. The van der Waals surface area contributed by atoms with E-state index in [1.807, 2.05) is 24.3 Å². The highest BCUT2D eigenvalue weighted by atomic mass is 32.1. The van der Waals surface area contributed by atoms with Gasteiger partial charge in [0.2, 0.25) is 0 Å². The predicted molar refractivity (Wildman–Crippen MR) is 75.9 cm³/mol. The van der Waals surface area contributed by atoms with Crippen molar-refractivity contribution in [3.63, 3.8) is 0 Å². The normalized spacial score (nSPS) is 12.6. The van der Waals surface area contributed by atoms with Crippen molar-refractivity contribution in [3.05, 3.63) is 29.3 Å². The second-order valence-corrected chi connectivity index (χ2v) is 5.34. The Kier molecular flexibility index (Phi) is 4.47. The number of carbonyl (C=O) groups excluding carboxylic acids is 1. The fraction of sp³-hybridized carbons (Fsp3) is 0.385. The molecular formula is C13H17N3O2S. The van der Waals surface area contributed by atoms with Gasteiger partial charge in [-0.3, -0.25) is 4.79 Å². The molecule has 1 aromatic heterocycles. The predicted octanol–water partition coefficient (Wildman–Crippen LogP) is 1.23. The van der Waals surface area contributed by atoms with Gasteiger partial charge in [0.15, 0.2) is 0 Å². The molecule has 0 aliphatic heterocycles. The molecule has 1 aromatic carbocycles. The highest BCUT2D eigenvalue weighted by Crippen LogP contribution is 2.22. The molecule has 0 saturated carbocycles. The third kappa shape index (κ3) is 3.09. The van der Waals surface area contributed by atoms with Crippen molar-refractivity contribution in [3.8, 4) is 0 Å². The third-order valence-electron chi connectivity index (χ3n) is 2.86. The molecule has 1 heterocycles. The monoisotopic (exact) mass is 279 g/mol. The van der Waals surface area contributed by atoms with Crippen molar-refractivity contribution >= 4 is 27.5 Å². The zero-order valence-corrected chi connectivity index (χ0v) is 11.8. The Bertz CT molecular complexity index is 533. The average Bonchev–Trinajstić information content (AvgIpc) is 2.82. The third-order valence-corrected chi connectivity index (χ3v) is 3.88. The quantitative estimate of drug-likeness (QED) is 0.893. The van der Waals surface area contributed by atoms with Crippen molar-refractivity contribution in [2.75, 3.05) is 20.7 Å². The number of para-hydroxylation sites is 1. The number of nitrogens with zero attached hydrogens (tertiary/aromatic N) is 2. The van der Waals surface area contributed by atoms with Gasteiger partial charge in [-0.05, 0) is 12.1 Å². The van der Waals surface area contributed by atoms with Crippen LogP contribution < -0.4 is 5.73 Å². The first kappa shape index (κ1) is 13.9. The summed E-state index contributed by atoms with van der Waals surface area (Å²) in [7, 11) is 3.22. The van der Waals surface area contributed by atoms with Crippen molar-refractivity contribution in [2.24, 2.45) is 5.73 Å². The van der Waals surface area contributed by atoms with Crippen molar-refractivity contribution in [2.45, 2.75) is 12.6 Å². The van der Waals surface area contributed by atoms with Crippen molar-refractivity contribution in [1.82, 2.24) is 9.88 Å². The lowest BCUT2D eigenvalue weighted by Gasteiger charge is -2.20. The SMILES string of the molecule is COC(CN)C(=O)N(C)Cc1nc2ccccc2s1. The highest BCUT2D eigenvalue weighted by molar-refractivity contribution is 7.18. The molecule has 1 unspecified atom stereocenters. The summed E-state index contributed by atoms with van der Waals surface area (Å²) >= 11 is 1.59. The molecule has 1 atom stereocenters. The minimum atomic E-state index is -0.584. The van der Waals surface area contributed by atoms with Crippen molar-refractivity contribution in [1.29, 1.82) is 0 Å². The lowest BCUT2D eigenvalue weighted by molar-refractivity contribution is -0.140. The molecule has 6 heteroatoms. The van der Waals surface area contributed by atoms with E-state index in [0.29, 0.717) is 6.54 Å². The lowest BCUT2D eigenvalue weighted by Crippen LogP contribution is -2.41. The molecule has 0 aliphatic carbocycles. The molecule has 0 radical (unpaired) electrons. The average molecular weight is 279 g/mol. The van der Waals surface area contributed by atoms with Crippen LogP contribution in [-0.4, -0.2) is 42.6 Å². The largest absolute Gasteiger partial charge is 0.370 e. The van der Waals surface area contributed by atoms with Gasteiger partial charge in [0.05, 0.1) is 16.8 Å². The second kappa shape index (κ2) is 6.10. The molecule has 0 bridgehead atoms. The summed E-state index contributed by atoms with van der Waals surface area (Å²) in [6, 6.07) is 7.93. The van der Waals surface area contributed by atoms with E-state index in [2.05, 4.69) is 4.98 Å². The van der Waals surface area contributed by atoms with E-state index in [1.54, 1.807) is 23.3 Å². The summed E-state index contributed by atoms with van der Waals surface area (Å²) in [5, 5.41) is 0.906. The van der Waals surface area contributed by atoms with Gasteiger partial charge in [0, 0.05) is 20.7 Å². The summed E-state index contributed by atoms with van der Waals surface area (Å²) in [6.45, 7) is 0.650. The first-order valence-corrected chi connectivity index (χ1v) is 6.79. The van der Waals surface area contributed by atoms with Crippen LogP contribution in [-0.2, 0) is 16.1 Å². The number of hydrogen-bond acceptors (Lipinski definition) is 5. The molecule has 2 N–H and O–H groups in total. The van der Waals surface area contributed by atoms with Crippen LogP contribution in [0.3, 0.4) is 0 Å². The van der Waals surface area contributed by atoms with Gasteiger partial charge in [-0.15, -0.1) is 11.3 Å². The van der Waals surface area contributed by atoms with Crippen LogP contribution >= 0.6 is 11.3 Å². The molecule has 102 valence electrons. The smallest absolute Gasteiger partial charge is 0.253 e. The summed E-state index contributed by atoms with van der Waals surface area (Å²) in [5.41, 5.74) is 6.45. The van der Waals surface area contributed by atoms with Gasteiger partial charge >= 0.3 is 0 Å². The molecule has 0 aliphatic rings. The number of thiazole rings is 1. The first-order valence-electron chi connectivity index (χ1n) is 5.98. The Hall–Kier alpha value is -1.50. The van der Waals surface area contributed by atoms with E-state index in [9.17, 15) is 4.79 Å². The van der Waals surface area contributed by atoms with Crippen LogP contribution in [0.4, 0.5) is 0 Å².